The molecule has 4 nitrogen and oxygen atoms in total. The predicted octanol–water partition coefficient (Wildman–Crippen LogP) is 1.54. The van der Waals surface area contributed by atoms with Crippen LogP contribution in [-0.2, 0) is 9.57 Å². The maximum Gasteiger partial charge on any atom is 0.432 e. The van der Waals surface area contributed by atoms with Gasteiger partial charge in [-0.1, -0.05) is 12.1 Å². The lowest BCUT2D eigenvalue weighted by Gasteiger charge is -2.22. The van der Waals surface area contributed by atoms with E-state index in [1.807, 2.05) is 0 Å². The molecule has 1 aliphatic heterocycles. The fourth-order valence-electron chi connectivity index (χ4n) is 1.21. The van der Waals surface area contributed by atoms with Crippen molar-refractivity contribution in [2.45, 2.75) is 6.10 Å². The van der Waals surface area contributed by atoms with E-state index in [0.717, 1.165) is 0 Å². The second-order valence-corrected chi connectivity index (χ2v) is 2.86. The van der Waals surface area contributed by atoms with E-state index in [1.54, 1.807) is 12.1 Å². The molecule has 0 radical (unpaired) electrons. The molecule has 5 heteroatoms. The SMILES string of the molecule is O=C1NOCC(c2ccc(F)cc2)O1. The molecule has 1 atom stereocenters. The fraction of sp³-hybridized carbons (Fsp3) is 0.222. The van der Waals surface area contributed by atoms with E-state index < -0.39 is 12.2 Å². The molecule has 1 fully saturated rings. The standard InChI is InChI=1S/C9H8FNO3/c10-7-3-1-6(2-4-7)8-5-13-11-9(12)14-8/h1-4,8H,5H2,(H,11,12). The van der Waals surface area contributed by atoms with Gasteiger partial charge in [-0.3, -0.25) is 4.84 Å². The molecule has 1 heterocycles. The van der Waals surface area contributed by atoms with Crippen LogP contribution in [0, 0.1) is 5.82 Å². The number of halogens is 1. The summed E-state index contributed by atoms with van der Waals surface area (Å²) in [6, 6.07) is 5.74. The molecular formula is C9H8FNO3. The van der Waals surface area contributed by atoms with Crippen LogP contribution in [0.15, 0.2) is 24.3 Å². The van der Waals surface area contributed by atoms with Crippen molar-refractivity contribution < 1.29 is 18.8 Å². The van der Waals surface area contributed by atoms with Gasteiger partial charge in [-0.2, -0.15) is 5.48 Å². The molecule has 74 valence electrons. The Balaban J connectivity index is 2.14. The molecule has 0 aliphatic carbocycles. The average molecular weight is 197 g/mol. The van der Waals surface area contributed by atoms with E-state index in [1.165, 1.54) is 12.1 Å². The first kappa shape index (κ1) is 8.96. The maximum absolute atomic E-state index is 12.6. The molecule has 1 N–H and O–H groups in total. The number of hydrogen-bond acceptors (Lipinski definition) is 3. The summed E-state index contributed by atoms with van der Waals surface area (Å²) in [7, 11) is 0. The first-order valence-corrected chi connectivity index (χ1v) is 4.09. The smallest absolute Gasteiger partial charge is 0.432 e. The zero-order chi connectivity index (χ0) is 9.97. The molecule has 0 spiro atoms. The van der Waals surface area contributed by atoms with Gasteiger partial charge in [0.1, 0.15) is 12.4 Å². The Labute approximate surface area is 79.6 Å². The zero-order valence-corrected chi connectivity index (χ0v) is 7.20. The van der Waals surface area contributed by atoms with Gasteiger partial charge in [-0.05, 0) is 17.7 Å². The summed E-state index contributed by atoms with van der Waals surface area (Å²) < 4.78 is 17.5. The van der Waals surface area contributed by atoms with Crippen LogP contribution in [0.1, 0.15) is 11.7 Å². The summed E-state index contributed by atoms with van der Waals surface area (Å²) in [4.78, 5) is 15.5. The molecule has 0 saturated carbocycles. The van der Waals surface area contributed by atoms with E-state index >= 15 is 0 Å². The molecule has 0 aromatic heterocycles. The van der Waals surface area contributed by atoms with Gasteiger partial charge in [0.15, 0.2) is 6.10 Å². The van der Waals surface area contributed by atoms with Crippen LogP contribution < -0.4 is 5.48 Å². The second-order valence-electron chi connectivity index (χ2n) is 2.86. The van der Waals surface area contributed by atoms with Crippen molar-refractivity contribution in [3.8, 4) is 0 Å². The van der Waals surface area contributed by atoms with Gasteiger partial charge in [-0.15, -0.1) is 0 Å². The normalized spacial score (nSPS) is 21.2. The largest absolute Gasteiger partial charge is 0.437 e. The third-order valence-electron chi connectivity index (χ3n) is 1.88. The molecule has 1 amide bonds. The highest BCUT2D eigenvalue weighted by Gasteiger charge is 2.22. The van der Waals surface area contributed by atoms with Crippen molar-refractivity contribution in [2.75, 3.05) is 6.61 Å². The van der Waals surface area contributed by atoms with Crippen LogP contribution in [-0.4, -0.2) is 12.7 Å². The van der Waals surface area contributed by atoms with E-state index in [-0.39, 0.29) is 12.4 Å². The Bertz CT molecular complexity index is 338. The van der Waals surface area contributed by atoms with Crippen molar-refractivity contribution in [2.24, 2.45) is 0 Å². The number of benzene rings is 1. The minimum Gasteiger partial charge on any atom is -0.437 e. The van der Waals surface area contributed by atoms with Crippen molar-refractivity contribution in [1.82, 2.24) is 5.48 Å². The minimum atomic E-state index is -0.634. The molecule has 1 unspecified atom stereocenters. The monoisotopic (exact) mass is 197 g/mol. The third-order valence-corrected chi connectivity index (χ3v) is 1.88. The van der Waals surface area contributed by atoms with Gasteiger partial charge in [0.25, 0.3) is 0 Å². The lowest BCUT2D eigenvalue weighted by atomic mass is 10.1. The molecule has 1 aromatic rings. The van der Waals surface area contributed by atoms with Crippen LogP contribution in [0.3, 0.4) is 0 Å². The molecule has 1 saturated heterocycles. The van der Waals surface area contributed by atoms with Crippen LogP contribution in [0.25, 0.3) is 0 Å². The van der Waals surface area contributed by atoms with Gasteiger partial charge in [-0.25, -0.2) is 9.18 Å². The van der Waals surface area contributed by atoms with E-state index in [4.69, 9.17) is 9.57 Å². The van der Waals surface area contributed by atoms with Gasteiger partial charge in [0.05, 0.1) is 0 Å². The molecule has 1 aromatic carbocycles. The number of rotatable bonds is 1. The summed E-state index contributed by atoms with van der Waals surface area (Å²) in [5.41, 5.74) is 2.77. The van der Waals surface area contributed by atoms with Crippen molar-refractivity contribution in [1.29, 1.82) is 0 Å². The van der Waals surface area contributed by atoms with Crippen LogP contribution in [0.5, 0.6) is 0 Å². The van der Waals surface area contributed by atoms with Gasteiger partial charge in [0, 0.05) is 0 Å². The topological polar surface area (TPSA) is 47.6 Å². The summed E-state index contributed by atoms with van der Waals surface area (Å²) >= 11 is 0. The van der Waals surface area contributed by atoms with Gasteiger partial charge in [0.2, 0.25) is 0 Å². The zero-order valence-electron chi connectivity index (χ0n) is 7.20. The Morgan fingerprint density at radius 2 is 2.07 bits per heavy atom. The Morgan fingerprint density at radius 3 is 2.71 bits per heavy atom. The van der Waals surface area contributed by atoms with Crippen LogP contribution in [0.4, 0.5) is 9.18 Å². The second kappa shape index (κ2) is 3.63. The number of carbonyl (C=O) groups is 1. The van der Waals surface area contributed by atoms with Crippen molar-refractivity contribution in [3.63, 3.8) is 0 Å². The summed E-state index contributed by atoms with van der Waals surface area (Å²) in [6.45, 7) is 0.220. The number of hydroxylamine groups is 1. The Kier molecular flexibility index (Phi) is 2.32. The van der Waals surface area contributed by atoms with Gasteiger partial charge < -0.3 is 4.74 Å². The van der Waals surface area contributed by atoms with E-state index in [2.05, 4.69) is 5.48 Å². The van der Waals surface area contributed by atoms with Crippen LogP contribution >= 0.6 is 0 Å². The lowest BCUT2D eigenvalue weighted by molar-refractivity contribution is -0.0744. The highest BCUT2D eigenvalue weighted by molar-refractivity contribution is 5.66. The van der Waals surface area contributed by atoms with Crippen LogP contribution in [0.2, 0.25) is 0 Å². The summed E-state index contributed by atoms with van der Waals surface area (Å²) in [5.74, 6) is -0.324. The summed E-state index contributed by atoms with van der Waals surface area (Å²) in [6.07, 6.45) is -1.10. The summed E-state index contributed by atoms with van der Waals surface area (Å²) in [5, 5.41) is 0. The first-order chi connectivity index (χ1) is 6.75. The number of nitrogens with one attached hydrogen (secondary N) is 1. The molecule has 2 rings (SSSR count). The number of cyclic esters (lactones) is 1. The molecular weight excluding hydrogens is 189 g/mol. The predicted molar refractivity (Wildman–Crippen MR) is 44.7 cm³/mol. The third kappa shape index (κ3) is 1.82. The number of amides is 1. The quantitative estimate of drug-likeness (QED) is 0.742. The first-order valence-electron chi connectivity index (χ1n) is 4.09. The highest BCUT2D eigenvalue weighted by Crippen LogP contribution is 2.20. The fourth-order valence-corrected chi connectivity index (χ4v) is 1.21. The molecule has 1 aliphatic rings. The number of carbonyl (C=O) groups excluding carboxylic acids is 1. The Hall–Kier alpha value is -1.62. The Morgan fingerprint density at radius 1 is 1.36 bits per heavy atom. The maximum atomic E-state index is 12.6. The van der Waals surface area contributed by atoms with Crippen molar-refractivity contribution in [3.05, 3.63) is 35.6 Å². The van der Waals surface area contributed by atoms with Crippen molar-refractivity contribution >= 4 is 6.09 Å². The van der Waals surface area contributed by atoms with E-state index in [9.17, 15) is 9.18 Å². The number of ether oxygens (including phenoxy) is 1. The highest BCUT2D eigenvalue weighted by atomic mass is 19.1. The average Bonchev–Trinajstić information content (AvgIpc) is 2.19. The molecule has 14 heavy (non-hydrogen) atoms. The number of hydrogen-bond donors (Lipinski definition) is 1. The minimum absolute atomic E-state index is 0.220. The van der Waals surface area contributed by atoms with E-state index in [0.29, 0.717) is 5.56 Å². The van der Waals surface area contributed by atoms with Gasteiger partial charge >= 0.3 is 6.09 Å². The molecule has 0 bridgehead atoms. The lowest BCUT2D eigenvalue weighted by Crippen LogP contribution is -2.35.